The number of fused-ring (bicyclic) bond motifs is 1. The Morgan fingerprint density at radius 2 is 1.76 bits per heavy atom. The number of pyridine rings is 1. The van der Waals surface area contributed by atoms with Crippen LogP contribution in [-0.2, 0) is 4.74 Å². The van der Waals surface area contributed by atoms with Crippen LogP contribution in [0.15, 0.2) is 54.7 Å². The van der Waals surface area contributed by atoms with E-state index in [4.69, 9.17) is 4.74 Å². The van der Waals surface area contributed by atoms with Crippen LogP contribution in [0.3, 0.4) is 0 Å². The van der Waals surface area contributed by atoms with Crippen molar-refractivity contribution in [1.29, 1.82) is 0 Å². The van der Waals surface area contributed by atoms with Gasteiger partial charge in [0.25, 0.3) is 5.91 Å². The van der Waals surface area contributed by atoms with E-state index in [1.165, 1.54) is 24.3 Å². The van der Waals surface area contributed by atoms with E-state index in [1.807, 2.05) is 4.90 Å². The monoisotopic (exact) mass is 404 g/mol. The van der Waals surface area contributed by atoms with Crippen LogP contribution in [0.25, 0.3) is 5.52 Å². The molecule has 6 nitrogen and oxygen atoms in total. The van der Waals surface area contributed by atoms with Crippen LogP contribution in [-0.4, -0.2) is 47.8 Å². The zero-order chi connectivity index (χ0) is 20.4. The lowest BCUT2D eigenvalue weighted by Gasteiger charge is -2.27. The number of morpholine rings is 1. The molecule has 1 unspecified atom stereocenters. The Balaban J connectivity index is 1.69. The van der Waals surface area contributed by atoms with Crippen molar-refractivity contribution in [2.45, 2.75) is 12.2 Å². The van der Waals surface area contributed by atoms with Crippen molar-refractivity contribution in [2.75, 3.05) is 31.2 Å². The van der Waals surface area contributed by atoms with Gasteiger partial charge in [0.1, 0.15) is 0 Å². The molecule has 1 saturated heterocycles. The number of carbonyl (C=O) groups excluding carboxylic acids is 1. The zero-order valence-corrected chi connectivity index (χ0v) is 15.4. The topological polar surface area (TPSA) is 58.9 Å². The number of nitrogens with zero attached hydrogens (tertiary/aromatic N) is 3. The van der Waals surface area contributed by atoms with Crippen LogP contribution in [0.5, 0.6) is 0 Å². The molecule has 1 aromatic carbocycles. The standard InChI is InChI=1S/C20H19F3N4O2/c21-20(22,23)17(14-6-2-1-3-7-14)25-18(28)16-15-8-4-5-9-27(15)19(24-16)26-10-12-29-13-11-26/h1-9,17H,10-13H2,(H,25,28). The van der Waals surface area contributed by atoms with Gasteiger partial charge in [-0.3, -0.25) is 9.20 Å². The number of halogens is 3. The Kier molecular flexibility index (Phi) is 5.14. The molecule has 1 aliphatic heterocycles. The van der Waals surface area contributed by atoms with Gasteiger partial charge < -0.3 is 15.0 Å². The van der Waals surface area contributed by atoms with Crippen LogP contribution in [0.4, 0.5) is 19.1 Å². The van der Waals surface area contributed by atoms with Gasteiger partial charge in [-0.25, -0.2) is 4.98 Å². The summed E-state index contributed by atoms with van der Waals surface area (Å²) in [6.07, 6.45) is -2.90. The van der Waals surface area contributed by atoms with Crippen LogP contribution in [0.2, 0.25) is 0 Å². The van der Waals surface area contributed by atoms with Gasteiger partial charge in [0.2, 0.25) is 5.95 Å². The maximum atomic E-state index is 13.6. The van der Waals surface area contributed by atoms with Crippen molar-refractivity contribution in [2.24, 2.45) is 0 Å². The Hall–Kier alpha value is -3.07. The van der Waals surface area contributed by atoms with Crippen molar-refractivity contribution < 1.29 is 22.7 Å². The quantitative estimate of drug-likeness (QED) is 0.726. The molecule has 1 N–H and O–H groups in total. The molecule has 29 heavy (non-hydrogen) atoms. The number of hydrogen-bond donors (Lipinski definition) is 1. The van der Waals surface area contributed by atoms with Crippen LogP contribution >= 0.6 is 0 Å². The summed E-state index contributed by atoms with van der Waals surface area (Å²) in [5, 5.41) is 2.11. The third-order valence-electron chi connectivity index (χ3n) is 4.77. The maximum absolute atomic E-state index is 13.6. The lowest BCUT2D eigenvalue weighted by Crippen LogP contribution is -2.38. The lowest BCUT2D eigenvalue weighted by atomic mass is 10.1. The number of aromatic nitrogens is 2. The predicted molar refractivity (Wildman–Crippen MR) is 101 cm³/mol. The number of carbonyl (C=O) groups is 1. The number of anilines is 1. The lowest BCUT2D eigenvalue weighted by molar-refractivity contribution is -0.155. The van der Waals surface area contributed by atoms with Gasteiger partial charge >= 0.3 is 6.18 Å². The maximum Gasteiger partial charge on any atom is 0.412 e. The minimum atomic E-state index is -4.64. The molecule has 4 rings (SSSR count). The summed E-state index contributed by atoms with van der Waals surface area (Å²) in [5.41, 5.74) is 0.364. The molecule has 0 radical (unpaired) electrons. The fourth-order valence-electron chi connectivity index (χ4n) is 3.37. The summed E-state index contributed by atoms with van der Waals surface area (Å²) < 4.78 is 47.9. The van der Waals surface area contributed by atoms with Gasteiger partial charge in [-0.1, -0.05) is 36.4 Å². The van der Waals surface area contributed by atoms with Gasteiger partial charge in [0.15, 0.2) is 11.7 Å². The minimum Gasteiger partial charge on any atom is -0.378 e. The molecular formula is C20H19F3N4O2. The fraction of sp³-hybridized carbons (Fsp3) is 0.300. The first-order valence-electron chi connectivity index (χ1n) is 9.17. The number of rotatable bonds is 4. The molecule has 1 amide bonds. The third kappa shape index (κ3) is 3.91. The highest BCUT2D eigenvalue weighted by atomic mass is 19.4. The average Bonchev–Trinajstić information content (AvgIpc) is 3.12. The first-order chi connectivity index (χ1) is 13.9. The smallest absolute Gasteiger partial charge is 0.378 e. The van der Waals surface area contributed by atoms with E-state index in [-0.39, 0.29) is 11.3 Å². The first-order valence-corrected chi connectivity index (χ1v) is 9.17. The van der Waals surface area contributed by atoms with Gasteiger partial charge in [0.05, 0.1) is 18.7 Å². The largest absolute Gasteiger partial charge is 0.412 e. The normalized spacial score (nSPS) is 16.0. The first kappa shape index (κ1) is 19.3. The van der Waals surface area contributed by atoms with E-state index in [9.17, 15) is 18.0 Å². The molecule has 152 valence electrons. The van der Waals surface area contributed by atoms with Gasteiger partial charge in [-0.15, -0.1) is 0 Å². The average molecular weight is 404 g/mol. The van der Waals surface area contributed by atoms with E-state index in [0.717, 1.165) is 0 Å². The van der Waals surface area contributed by atoms with E-state index in [1.54, 1.807) is 34.9 Å². The number of amides is 1. The zero-order valence-electron chi connectivity index (χ0n) is 15.4. The highest BCUT2D eigenvalue weighted by Crippen LogP contribution is 2.33. The van der Waals surface area contributed by atoms with Crippen molar-refractivity contribution >= 4 is 17.4 Å². The van der Waals surface area contributed by atoms with E-state index >= 15 is 0 Å². The Morgan fingerprint density at radius 1 is 1.07 bits per heavy atom. The number of benzene rings is 1. The highest BCUT2D eigenvalue weighted by Gasteiger charge is 2.42. The number of alkyl halides is 3. The molecule has 2 aromatic heterocycles. The fourth-order valence-corrected chi connectivity index (χ4v) is 3.37. The van der Waals surface area contributed by atoms with E-state index in [2.05, 4.69) is 10.3 Å². The van der Waals surface area contributed by atoms with Gasteiger partial charge in [0, 0.05) is 19.3 Å². The minimum absolute atomic E-state index is 0.0368. The molecule has 1 atom stereocenters. The molecular weight excluding hydrogens is 385 g/mol. The summed E-state index contributed by atoms with van der Waals surface area (Å²) in [6, 6.07) is 10.3. The summed E-state index contributed by atoms with van der Waals surface area (Å²) in [7, 11) is 0. The Labute approximate surface area is 164 Å². The van der Waals surface area contributed by atoms with Crippen molar-refractivity contribution in [1.82, 2.24) is 14.7 Å². The second kappa shape index (κ2) is 7.75. The predicted octanol–water partition coefficient (Wildman–Crippen LogP) is 3.20. The Bertz CT molecular complexity index is 998. The molecule has 0 spiro atoms. The summed E-state index contributed by atoms with van der Waals surface area (Å²) in [6.45, 7) is 2.22. The molecule has 1 aliphatic rings. The summed E-state index contributed by atoms with van der Waals surface area (Å²) in [4.78, 5) is 19.2. The molecule has 9 heteroatoms. The van der Waals surface area contributed by atoms with Crippen molar-refractivity contribution in [3.8, 4) is 0 Å². The number of nitrogens with one attached hydrogen (secondary N) is 1. The van der Waals surface area contributed by atoms with Crippen molar-refractivity contribution in [3.63, 3.8) is 0 Å². The highest BCUT2D eigenvalue weighted by molar-refractivity contribution is 6.00. The molecule has 0 saturated carbocycles. The molecule has 3 heterocycles. The van der Waals surface area contributed by atoms with Crippen LogP contribution < -0.4 is 10.2 Å². The van der Waals surface area contributed by atoms with Crippen LogP contribution in [0.1, 0.15) is 22.1 Å². The van der Waals surface area contributed by atoms with Gasteiger partial charge in [-0.2, -0.15) is 13.2 Å². The number of imidazole rings is 1. The third-order valence-corrected chi connectivity index (χ3v) is 4.77. The summed E-state index contributed by atoms with van der Waals surface area (Å²) in [5.74, 6) is -0.364. The molecule has 0 bridgehead atoms. The Morgan fingerprint density at radius 3 is 2.45 bits per heavy atom. The SMILES string of the molecule is O=C(NC(c1ccccc1)C(F)(F)F)c1nc(N2CCOCC2)n2ccccc12. The molecule has 3 aromatic rings. The van der Waals surface area contributed by atoms with Crippen LogP contribution in [0, 0.1) is 0 Å². The molecule has 1 fully saturated rings. The second-order valence-electron chi connectivity index (χ2n) is 6.67. The van der Waals surface area contributed by atoms with E-state index < -0.39 is 18.1 Å². The second-order valence-corrected chi connectivity index (χ2v) is 6.67. The molecule has 0 aliphatic carbocycles. The number of ether oxygens (including phenoxy) is 1. The van der Waals surface area contributed by atoms with Gasteiger partial charge in [-0.05, 0) is 17.7 Å². The summed E-state index contributed by atoms with van der Waals surface area (Å²) >= 11 is 0. The number of hydrogen-bond acceptors (Lipinski definition) is 4. The van der Waals surface area contributed by atoms with E-state index in [0.29, 0.717) is 37.8 Å². The van der Waals surface area contributed by atoms with Crippen molar-refractivity contribution in [3.05, 3.63) is 66.0 Å².